The van der Waals surface area contributed by atoms with Crippen LogP contribution in [0.1, 0.15) is 17.2 Å². The van der Waals surface area contributed by atoms with Crippen molar-refractivity contribution in [3.8, 4) is 11.5 Å². The number of ether oxygens (including phenoxy) is 1. The number of aldehydes is 1. The fourth-order valence-corrected chi connectivity index (χ4v) is 1.73. The van der Waals surface area contributed by atoms with Crippen molar-refractivity contribution in [1.82, 2.24) is 0 Å². The zero-order valence-electron chi connectivity index (χ0n) is 10.2. The summed E-state index contributed by atoms with van der Waals surface area (Å²) in [5, 5.41) is 19.1. The first-order valence-electron chi connectivity index (χ1n) is 5.83. The van der Waals surface area contributed by atoms with Gasteiger partial charge in [0.05, 0.1) is 6.61 Å². The number of carbonyl (C=O) groups excluding carboxylic acids is 1. The average Bonchev–Trinajstić information content (AvgIpc) is 2.44. The van der Waals surface area contributed by atoms with E-state index in [0.717, 1.165) is 5.56 Å². The summed E-state index contributed by atoms with van der Waals surface area (Å²) in [6, 6.07) is 13.4. The molecule has 2 aromatic carbocycles. The van der Waals surface area contributed by atoms with Crippen LogP contribution in [-0.4, -0.2) is 16.5 Å². The third-order valence-electron chi connectivity index (χ3n) is 2.71. The maximum absolute atomic E-state index is 11.1. The van der Waals surface area contributed by atoms with E-state index in [0.29, 0.717) is 6.29 Å². The Morgan fingerprint density at radius 3 is 2.53 bits per heavy atom. The molecule has 2 aromatic rings. The van der Waals surface area contributed by atoms with Crippen molar-refractivity contribution in [2.75, 3.05) is 0 Å². The molecule has 0 radical (unpaired) electrons. The molecule has 0 aromatic heterocycles. The Bertz CT molecular complexity index is 551. The number of aromatic hydroxyl groups is 2. The summed E-state index contributed by atoms with van der Waals surface area (Å²) in [5.41, 5.74) is 1.18. The van der Waals surface area contributed by atoms with Gasteiger partial charge in [0.2, 0.25) is 0 Å². The minimum absolute atomic E-state index is 0.0250. The summed E-state index contributed by atoms with van der Waals surface area (Å²) in [6.07, 6.45) is -0.315. The first-order valence-corrected chi connectivity index (χ1v) is 5.83. The predicted molar refractivity (Wildman–Crippen MR) is 69.8 cm³/mol. The summed E-state index contributed by atoms with van der Waals surface area (Å²) < 4.78 is 5.46. The van der Waals surface area contributed by atoms with Crippen molar-refractivity contribution in [2.24, 2.45) is 0 Å². The molecular formula is C15H14O4. The van der Waals surface area contributed by atoms with E-state index in [1.54, 1.807) is 0 Å². The van der Waals surface area contributed by atoms with Crippen LogP contribution in [0, 0.1) is 0 Å². The molecule has 1 unspecified atom stereocenters. The number of benzene rings is 2. The van der Waals surface area contributed by atoms with Crippen molar-refractivity contribution < 1.29 is 19.7 Å². The van der Waals surface area contributed by atoms with E-state index in [9.17, 15) is 15.0 Å². The molecule has 0 spiro atoms. The Morgan fingerprint density at radius 1 is 1.11 bits per heavy atom. The van der Waals surface area contributed by atoms with Gasteiger partial charge in [-0.3, -0.25) is 0 Å². The fourth-order valence-electron chi connectivity index (χ4n) is 1.73. The molecule has 1 atom stereocenters. The Labute approximate surface area is 110 Å². The third-order valence-corrected chi connectivity index (χ3v) is 2.71. The first-order chi connectivity index (χ1) is 9.20. The molecule has 0 aliphatic rings. The molecule has 0 fully saturated rings. The van der Waals surface area contributed by atoms with Crippen LogP contribution < -0.4 is 0 Å². The molecule has 19 heavy (non-hydrogen) atoms. The van der Waals surface area contributed by atoms with Gasteiger partial charge in [0.1, 0.15) is 17.6 Å². The second-order valence-electron chi connectivity index (χ2n) is 4.10. The van der Waals surface area contributed by atoms with Gasteiger partial charge in [0.25, 0.3) is 0 Å². The average molecular weight is 258 g/mol. The smallest absolute Gasteiger partial charge is 0.153 e. The monoisotopic (exact) mass is 258 g/mol. The highest BCUT2D eigenvalue weighted by Crippen LogP contribution is 2.29. The van der Waals surface area contributed by atoms with Crippen LogP contribution in [0.5, 0.6) is 11.5 Å². The summed E-state index contributed by atoms with van der Waals surface area (Å²) >= 11 is 0. The van der Waals surface area contributed by atoms with E-state index in [2.05, 4.69) is 0 Å². The number of phenolic OH excluding ortho intramolecular Hbond substituents is 2. The predicted octanol–water partition coefficient (Wildman–Crippen LogP) is 2.55. The standard InChI is InChI=1S/C15H14O4/c16-9-15(13-8-12(17)6-7-14(13)18)19-10-11-4-2-1-3-5-11/h1-9,15,17-18H,10H2. The van der Waals surface area contributed by atoms with Crippen LogP contribution in [0.3, 0.4) is 0 Å². The van der Waals surface area contributed by atoms with Gasteiger partial charge in [-0.1, -0.05) is 30.3 Å². The van der Waals surface area contributed by atoms with E-state index < -0.39 is 6.10 Å². The third kappa shape index (κ3) is 3.33. The summed E-state index contributed by atoms with van der Waals surface area (Å²) in [5.74, 6) is -0.106. The maximum atomic E-state index is 11.1. The maximum Gasteiger partial charge on any atom is 0.153 e. The van der Waals surface area contributed by atoms with Crippen molar-refractivity contribution in [1.29, 1.82) is 0 Å². The Hall–Kier alpha value is -2.33. The van der Waals surface area contributed by atoms with Crippen LogP contribution in [0.2, 0.25) is 0 Å². The van der Waals surface area contributed by atoms with E-state index in [1.165, 1.54) is 18.2 Å². The fraction of sp³-hybridized carbons (Fsp3) is 0.133. The van der Waals surface area contributed by atoms with Gasteiger partial charge in [0, 0.05) is 5.56 Å². The van der Waals surface area contributed by atoms with Crippen LogP contribution in [-0.2, 0) is 16.1 Å². The number of hydrogen-bond acceptors (Lipinski definition) is 4. The molecule has 4 nitrogen and oxygen atoms in total. The number of hydrogen-bond donors (Lipinski definition) is 2. The van der Waals surface area contributed by atoms with Gasteiger partial charge in [-0.2, -0.15) is 0 Å². The molecule has 0 bridgehead atoms. The number of carbonyl (C=O) groups is 1. The van der Waals surface area contributed by atoms with Crippen LogP contribution >= 0.6 is 0 Å². The van der Waals surface area contributed by atoms with Gasteiger partial charge < -0.3 is 19.7 Å². The lowest BCUT2D eigenvalue weighted by Crippen LogP contribution is -2.06. The lowest BCUT2D eigenvalue weighted by molar-refractivity contribution is -0.119. The Kier molecular flexibility index (Phi) is 4.15. The molecule has 0 saturated carbocycles. The highest BCUT2D eigenvalue weighted by Gasteiger charge is 2.16. The zero-order valence-corrected chi connectivity index (χ0v) is 10.2. The van der Waals surface area contributed by atoms with E-state index in [-0.39, 0.29) is 23.7 Å². The Balaban J connectivity index is 2.12. The topological polar surface area (TPSA) is 66.8 Å². The molecule has 0 heterocycles. The van der Waals surface area contributed by atoms with Gasteiger partial charge >= 0.3 is 0 Å². The minimum Gasteiger partial charge on any atom is -0.508 e. The second kappa shape index (κ2) is 6.02. The molecule has 0 aliphatic heterocycles. The highest BCUT2D eigenvalue weighted by molar-refractivity contribution is 5.63. The van der Waals surface area contributed by atoms with Crippen molar-refractivity contribution in [2.45, 2.75) is 12.7 Å². The van der Waals surface area contributed by atoms with Gasteiger partial charge in [-0.05, 0) is 23.8 Å². The van der Waals surface area contributed by atoms with Crippen molar-refractivity contribution >= 4 is 6.29 Å². The molecule has 4 heteroatoms. The largest absolute Gasteiger partial charge is 0.508 e. The number of phenols is 2. The molecule has 2 N–H and O–H groups in total. The zero-order chi connectivity index (χ0) is 13.7. The van der Waals surface area contributed by atoms with Gasteiger partial charge in [-0.15, -0.1) is 0 Å². The molecule has 0 aliphatic carbocycles. The van der Waals surface area contributed by atoms with Crippen molar-refractivity contribution in [3.05, 3.63) is 59.7 Å². The SMILES string of the molecule is O=CC(OCc1ccccc1)c1cc(O)ccc1O. The second-order valence-corrected chi connectivity index (χ2v) is 4.10. The molecular weight excluding hydrogens is 244 g/mol. The van der Waals surface area contributed by atoms with Crippen LogP contribution in [0.4, 0.5) is 0 Å². The lowest BCUT2D eigenvalue weighted by atomic mass is 10.1. The van der Waals surface area contributed by atoms with Gasteiger partial charge in [-0.25, -0.2) is 0 Å². The summed E-state index contributed by atoms with van der Waals surface area (Å²) in [7, 11) is 0. The quantitative estimate of drug-likeness (QED) is 0.639. The summed E-state index contributed by atoms with van der Waals surface area (Å²) in [6.45, 7) is 0.249. The molecule has 0 amide bonds. The minimum atomic E-state index is -0.910. The summed E-state index contributed by atoms with van der Waals surface area (Å²) in [4.78, 5) is 11.1. The normalized spacial score (nSPS) is 12.0. The van der Waals surface area contributed by atoms with E-state index >= 15 is 0 Å². The highest BCUT2D eigenvalue weighted by atomic mass is 16.5. The van der Waals surface area contributed by atoms with Crippen LogP contribution in [0.15, 0.2) is 48.5 Å². The molecule has 2 rings (SSSR count). The Morgan fingerprint density at radius 2 is 1.84 bits per heavy atom. The van der Waals surface area contributed by atoms with Crippen LogP contribution in [0.25, 0.3) is 0 Å². The molecule has 0 saturated heterocycles. The van der Waals surface area contributed by atoms with Crippen molar-refractivity contribution in [3.63, 3.8) is 0 Å². The van der Waals surface area contributed by atoms with Gasteiger partial charge in [0.15, 0.2) is 6.29 Å². The van der Waals surface area contributed by atoms with E-state index in [1.807, 2.05) is 30.3 Å². The lowest BCUT2D eigenvalue weighted by Gasteiger charge is -2.14. The first kappa shape index (κ1) is 13.1. The number of rotatable bonds is 5. The van der Waals surface area contributed by atoms with E-state index in [4.69, 9.17) is 4.74 Å². The molecule has 98 valence electrons.